The molecule has 0 amide bonds. The van der Waals surface area contributed by atoms with Gasteiger partial charge in [0.2, 0.25) is 0 Å². The predicted molar refractivity (Wildman–Crippen MR) is 52.6 cm³/mol. The number of hydrogen-bond donors (Lipinski definition) is 4. The monoisotopic (exact) mass is 219 g/mol. The molecule has 0 saturated heterocycles. The average molecular weight is 219 g/mol. The van der Waals surface area contributed by atoms with Crippen molar-refractivity contribution in [2.24, 2.45) is 17.2 Å². The number of esters is 1. The summed E-state index contributed by atoms with van der Waals surface area (Å²) in [7, 11) is 0. The third-order valence-electron chi connectivity index (χ3n) is 1.86. The van der Waals surface area contributed by atoms with Gasteiger partial charge in [-0.05, 0) is 13.8 Å². The van der Waals surface area contributed by atoms with Gasteiger partial charge in [-0.3, -0.25) is 9.59 Å². The van der Waals surface area contributed by atoms with Gasteiger partial charge in [0.05, 0.1) is 12.6 Å². The van der Waals surface area contributed by atoms with Crippen molar-refractivity contribution < 1.29 is 19.4 Å². The number of carbonyl (C=O) groups excluding carboxylic acids is 1. The Morgan fingerprint density at radius 1 is 1.33 bits per heavy atom. The minimum absolute atomic E-state index is 0.491. The Hall–Kier alpha value is -1.18. The minimum atomic E-state index is -1.21. The molecular formula is C8H17N3O4. The van der Waals surface area contributed by atoms with Crippen molar-refractivity contribution in [1.82, 2.24) is 0 Å². The van der Waals surface area contributed by atoms with Gasteiger partial charge in [0.1, 0.15) is 11.6 Å². The Morgan fingerprint density at radius 2 is 1.80 bits per heavy atom. The highest BCUT2D eigenvalue weighted by Gasteiger charge is 2.31. The second-order valence-corrected chi connectivity index (χ2v) is 3.75. The van der Waals surface area contributed by atoms with Crippen molar-refractivity contribution in [3.8, 4) is 0 Å². The molecule has 0 aliphatic carbocycles. The minimum Gasteiger partial charge on any atom is -0.481 e. The van der Waals surface area contributed by atoms with Crippen molar-refractivity contribution in [1.29, 1.82) is 0 Å². The molecule has 0 saturated carbocycles. The largest absolute Gasteiger partial charge is 0.481 e. The Morgan fingerprint density at radius 3 is 2.13 bits per heavy atom. The van der Waals surface area contributed by atoms with Crippen LogP contribution in [0.1, 0.15) is 20.3 Å². The highest BCUT2D eigenvalue weighted by molar-refractivity contribution is 5.81. The molecule has 7 heteroatoms. The molecule has 0 rings (SSSR count). The third kappa shape index (κ3) is 4.73. The second kappa shape index (κ2) is 5.06. The van der Waals surface area contributed by atoms with Crippen LogP contribution in [0.3, 0.4) is 0 Å². The molecule has 7 N–H and O–H groups in total. The maximum absolute atomic E-state index is 11.3. The van der Waals surface area contributed by atoms with Crippen LogP contribution in [0.15, 0.2) is 0 Å². The van der Waals surface area contributed by atoms with E-state index < -0.39 is 36.2 Å². The van der Waals surface area contributed by atoms with Gasteiger partial charge >= 0.3 is 11.9 Å². The van der Waals surface area contributed by atoms with Crippen LogP contribution in [-0.2, 0) is 14.3 Å². The molecule has 0 aromatic rings. The molecule has 0 radical (unpaired) electrons. The van der Waals surface area contributed by atoms with E-state index in [1.165, 1.54) is 13.8 Å². The van der Waals surface area contributed by atoms with E-state index in [4.69, 9.17) is 27.0 Å². The van der Waals surface area contributed by atoms with Crippen molar-refractivity contribution >= 4 is 11.9 Å². The second-order valence-electron chi connectivity index (χ2n) is 3.75. The molecule has 0 fully saturated rings. The fraction of sp³-hybridized carbons (Fsp3) is 0.750. The van der Waals surface area contributed by atoms with Gasteiger partial charge in [0, 0.05) is 0 Å². The average Bonchev–Trinajstić information content (AvgIpc) is 2.01. The first-order valence-electron chi connectivity index (χ1n) is 4.38. The van der Waals surface area contributed by atoms with Gasteiger partial charge in [0.15, 0.2) is 0 Å². The summed E-state index contributed by atoms with van der Waals surface area (Å²) in [5.74, 6) is -2.00. The smallest absolute Gasteiger partial charge is 0.324 e. The molecule has 7 nitrogen and oxygen atoms in total. The molecule has 0 heterocycles. The molecule has 0 aromatic heterocycles. The highest BCUT2D eigenvalue weighted by Crippen LogP contribution is 2.11. The molecule has 0 aliphatic rings. The number of carbonyl (C=O) groups is 2. The summed E-state index contributed by atoms with van der Waals surface area (Å²) in [6, 6.07) is -1.21. The van der Waals surface area contributed by atoms with Gasteiger partial charge in [-0.15, -0.1) is 0 Å². The summed E-state index contributed by atoms with van der Waals surface area (Å²) in [5.41, 5.74) is 14.9. The van der Waals surface area contributed by atoms with Crippen molar-refractivity contribution in [2.45, 2.75) is 38.1 Å². The first-order chi connectivity index (χ1) is 6.66. The van der Waals surface area contributed by atoms with Crippen LogP contribution in [0, 0.1) is 0 Å². The summed E-state index contributed by atoms with van der Waals surface area (Å²) in [5, 5.41) is 8.40. The standard InChI is InChI=1S/C8H17N3O4/c1-8(2,7(10)11)15-6(14)4(9)3-5(12)13/h4,7H,3,9-11H2,1-2H3,(H,12,13)/t4-/m0/s1. The van der Waals surface area contributed by atoms with Crippen LogP contribution in [0.4, 0.5) is 0 Å². The molecule has 1 atom stereocenters. The molecule has 0 spiro atoms. The fourth-order valence-electron chi connectivity index (χ4n) is 0.674. The van der Waals surface area contributed by atoms with Crippen LogP contribution in [-0.4, -0.2) is 34.9 Å². The first kappa shape index (κ1) is 13.8. The number of carboxylic acid groups (broad SMARTS) is 1. The summed E-state index contributed by atoms with van der Waals surface area (Å²) < 4.78 is 4.88. The summed E-state index contributed by atoms with van der Waals surface area (Å²) in [6.45, 7) is 3.03. The molecular weight excluding hydrogens is 202 g/mol. The first-order valence-corrected chi connectivity index (χ1v) is 4.38. The Balaban J connectivity index is 4.30. The fourth-order valence-corrected chi connectivity index (χ4v) is 0.674. The summed E-state index contributed by atoms with van der Waals surface area (Å²) in [6.07, 6.45) is -1.35. The summed E-state index contributed by atoms with van der Waals surface area (Å²) in [4.78, 5) is 21.6. The van der Waals surface area contributed by atoms with Crippen LogP contribution >= 0.6 is 0 Å². The lowest BCUT2D eigenvalue weighted by molar-refractivity contribution is -0.162. The Labute approximate surface area is 87.5 Å². The Kier molecular flexibility index (Phi) is 4.66. The van der Waals surface area contributed by atoms with E-state index in [-0.39, 0.29) is 0 Å². The molecule has 15 heavy (non-hydrogen) atoms. The van der Waals surface area contributed by atoms with E-state index in [9.17, 15) is 9.59 Å². The van der Waals surface area contributed by atoms with E-state index >= 15 is 0 Å². The van der Waals surface area contributed by atoms with E-state index in [0.717, 1.165) is 0 Å². The zero-order chi connectivity index (χ0) is 12.2. The van der Waals surface area contributed by atoms with Crippen LogP contribution in [0.5, 0.6) is 0 Å². The van der Waals surface area contributed by atoms with Gasteiger partial charge in [-0.1, -0.05) is 0 Å². The number of aliphatic carboxylic acids is 1. The van der Waals surface area contributed by atoms with Gasteiger partial charge in [-0.2, -0.15) is 0 Å². The maximum Gasteiger partial charge on any atom is 0.324 e. The normalized spacial score (nSPS) is 13.7. The Bertz CT molecular complexity index is 252. The molecule has 0 bridgehead atoms. The van der Waals surface area contributed by atoms with Crippen LogP contribution in [0.2, 0.25) is 0 Å². The number of ether oxygens (including phenoxy) is 1. The lowest BCUT2D eigenvalue weighted by atomic mass is 10.1. The van der Waals surface area contributed by atoms with Crippen LogP contribution < -0.4 is 17.2 Å². The molecule has 0 aliphatic heterocycles. The zero-order valence-corrected chi connectivity index (χ0v) is 8.77. The van der Waals surface area contributed by atoms with E-state index in [0.29, 0.717) is 0 Å². The summed E-state index contributed by atoms with van der Waals surface area (Å²) >= 11 is 0. The number of nitrogens with two attached hydrogens (primary N) is 3. The predicted octanol–water partition coefficient (Wildman–Crippen LogP) is -1.65. The third-order valence-corrected chi connectivity index (χ3v) is 1.86. The lowest BCUT2D eigenvalue weighted by Gasteiger charge is -2.29. The van der Waals surface area contributed by atoms with Gasteiger partial charge in [0.25, 0.3) is 0 Å². The van der Waals surface area contributed by atoms with Crippen molar-refractivity contribution in [3.05, 3.63) is 0 Å². The lowest BCUT2D eigenvalue weighted by Crippen LogP contribution is -2.54. The van der Waals surface area contributed by atoms with E-state index in [2.05, 4.69) is 0 Å². The topological polar surface area (TPSA) is 142 Å². The van der Waals surface area contributed by atoms with E-state index in [1.807, 2.05) is 0 Å². The van der Waals surface area contributed by atoms with Gasteiger partial charge in [-0.25, -0.2) is 0 Å². The number of rotatable bonds is 5. The highest BCUT2D eigenvalue weighted by atomic mass is 16.6. The molecule has 0 unspecified atom stereocenters. The van der Waals surface area contributed by atoms with E-state index in [1.54, 1.807) is 0 Å². The molecule has 0 aromatic carbocycles. The van der Waals surface area contributed by atoms with Gasteiger partial charge < -0.3 is 27.0 Å². The maximum atomic E-state index is 11.3. The number of hydrogen-bond acceptors (Lipinski definition) is 6. The van der Waals surface area contributed by atoms with Crippen molar-refractivity contribution in [3.63, 3.8) is 0 Å². The zero-order valence-electron chi connectivity index (χ0n) is 8.77. The molecule has 88 valence electrons. The number of carboxylic acids is 1. The van der Waals surface area contributed by atoms with Crippen molar-refractivity contribution in [2.75, 3.05) is 0 Å². The van der Waals surface area contributed by atoms with Crippen LogP contribution in [0.25, 0.3) is 0 Å². The quantitative estimate of drug-likeness (QED) is 0.320. The SMILES string of the molecule is CC(C)(OC(=O)[C@@H](N)CC(=O)O)C(N)N.